The summed E-state index contributed by atoms with van der Waals surface area (Å²) < 4.78 is 1.95. The van der Waals surface area contributed by atoms with E-state index in [4.69, 9.17) is 0 Å². The lowest BCUT2D eigenvalue weighted by Crippen LogP contribution is -2.20. The van der Waals surface area contributed by atoms with Crippen LogP contribution in [-0.4, -0.2) is 41.0 Å². The Balaban J connectivity index is 0. The predicted octanol–water partition coefficient (Wildman–Crippen LogP) is 3.57. The lowest BCUT2D eigenvalue weighted by Gasteiger charge is -2.02. The molecule has 0 unspecified atom stereocenters. The number of hydrogen-bond donors (Lipinski definition) is 2. The molecule has 1 heterocycles. The van der Waals surface area contributed by atoms with Crippen LogP contribution in [0.2, 0.25) is 0 Å². The second kappa shape index (κ2) is 20.6. The van der Waals surface area contributed by atoms with Gasteiger partial charge in [0.25, 0.3) is 0 Å². The summed E-state index contributed by atoms with van der Waals surface area (Å²) in [7, 11) is 1.98. The second-order valence-electron chi connectivity index (χ2n) is 5.43. The zero-order chi connectivity index (χ0) is 19.3. The zero-order valence-corrected chi connectivity index (χ0v) is 17.4. The summed E-state index contributed by atoms with van der Waals surface area (Å²) in [5.74, 6) is 0.0554. The van der Waals surface area contributed by atoms with E-state index >= 15 is 0 Å². The van der Waals surface area contributed by atoms with Crippen LogP contribution < -0.4 is 10.6 Å². The highest BCUT2D eigenvalue weighted by Gasteiger charge is 2.00. The van der Waals surface area contributed by atoms with Crippen LogP contribution in [0, 0.1) is 0 Å². The number of carbonyl (C=O) groups is 1. The molecule has 0 aliphatic carbocycles. The third-order valence-corrected chi connectivity index (χ3v) is 3.38. The minimum absolute atomic E-state index is 0.0554. The minimum Gasteiger partial charge on any atom is -0.356 e. The van der Waals surface area contributed by atoms with Gasteiger partial charge in [0.1, 0.15) is 0 Å². The van der Waals surface area contributed by atoms with Crippen molar-refractivity contribution in [3.05, 3.63) is 11.9 Å². The smallest absolute Gasteiger partial charge is 0.216 e. The van der Waals surface area contributed by atoms with Gasteiger partial charge in [0.05, 0.1) is 5.69 Å². The molecule has 0 saturated heterocycles. The first kappa shape index (κ1) is 25.8. The van der Waals surface area contributed by atoms with Gasteiger partial charge >= 0.3 is 0 Å². The van der Waals surface area contributed by atoms with E-state index in [1.807, 2.05) is 39.4 Å². The molecule has 1 rings (SSSR count). The van der Waals surface area contributed by atoms with Crippen LogP contribution in [0.5, 0.6) is 0 Å². The van der Waals surface area contributed by atoms with E-state index in [1.165, 1.54) is 6.42 Å². The molecule has 1 aromatic heterocycles. The van der Waals surface area contributed by atoms with Crippen molar-refractivity contribution in [1.82, 2.24) is 25.6 Å². The number of amides is 1. The summed E-state index contributed by atoms with van der Waals surface area (Å²) in [5.41, 5.74) is 1.09. The molecule has 6 heteroatoms. The number of rotatable bonds is 12. The number of unbranched alkanes of at least 4 members (excludes halogenated alkanes) is 4. The molecule has 0 spiro atoms. The summed E-state index contributed by atoms with van der Waals surface area (Å²) in [4.78, 5) is 10.7. The van der Waals surface area contributed by atoms with Crippen molar-refractivity contribution >= 4 is 5.91 Å². The first-order valence-electron chi connectivity index (χ1n) is 10.0. The van der Waals surface area contributed by atoms with Crippen LogP contribution in [0.3, 0.4) is 0 Å². The number of nitrogens with one attached hydrogen (secondary N) is 2. The van der Waals surface area contributed by atoms with Gasteiger partial charge in [-0.25, -0.2) is 0 Å². The third kappa shape index (κ3) is 17.2. The second-order valence-corrected chi connectivity index (χ2v) is 5.43. The molecule has 0 fully saturated rings. The molecule has 6 nitrogen and oxygen atoms in total. The van der Waals surface area contributed by atoms with Crippen LogP contribution in [-0.2, 0) is 17.8 Å². The summed E-state index contributed by atoms with van der Waals surface area (Å²) in [6.07, 6.45) is 9.88. The summed E-state index contributed by atoms with van der Waals surface area (Å²) in [6.45, 7) is 12.3. The fourth-order valence-electron chi connectivity index (χ4n) is 2.19. The number of nitrogens with zero attached hydrogens (tertiary/aromatic N) is 3. The van der Waals surface area contributed by atoms with Crippen LogP contribution in [0.1, 0.15) is 78.8 Å². The van der Waals surface area contributed by atoms with Crippen LogP contribution in [0.15, 0.2) is 6.20 Å². The van der Waals surface area contributed by atoms with Gasteiger partial charge in [-0.1, -0.05) is 45.7 Å². The highest BCUT2D eigenvalue weighted by Crippen LogP contribution is 2.04. The van der Waals surface area contributed by atoms with E-state index in [0.717, 1.165) is 63.9 Å². The van der Waals surface area contributed by atoms with Gasteiger partial charge in [-0.15, -0.1) is 5.10 Å². The van der Waals surface area contributed by atoms with Gasteiger partial charge in [0.2, 0.25) is 5.91 Å². The molecule has 0 aliphatic rings. The molecule has 0 atom stereocenters. The van der Waals surface area contributed by atoms with E-state index in [-0.39, 0.29) is 5.91 Å². The Labute approximate surface area is 155 Å². The van der Waals surface area contributed by atoms with Crippen molar-refractivity contribution in [2.75, 3.05) is 20.1 Å². The van der Waals surface area contributed by atoms with Crippen molar-refractivity contribution < 1.29 is 4.79 Å². The Morgan fingerprint density at radius 2 is 1.64 bits per heavy atom. The molecule has 0 radical (unpaired) electrons. The summed E-state index contributed by atoms with van der Waals surface area (Å²) in [5, 5.41) is 14.3. The molecular weight excluding hydrogens is 314 g/mol. The molecule has 2 N–H and O–H groups in total. The van der Waals surface area contributed by atoms with E-state index in [9.17, 15) is 4.79 Å². The quantitative estimate of drug-likeness (QED) is 0.562. The molecule has 0 saturated carbocycles. The Bertz CT molecular complexity index is 393. The van der Waals surface area contributed by atoms with E-state index < -0.39 is 0 Å². The van der Waals surface area contributed by atoms with E-state index in [1.54, 1.807) is 6.92 Å². The first-order valence-corrected chi connectivity index (χ1v) is 10.0. The molecule has 0 aliphatic heterocycles. The molecule has 1 aromatic rings. The zero-order valence-electron chi connectivity index (χ0n) is 17.4. The number of carbonyl (C=O) groups excluding carboxylic acids is 1. The van der Waals surface area contributed by atoms with Crippen molar-refractivity contribution in [1.29, 1.82) is 0 Å². The lowest BCUT2D eigenvalue weighted by atomic mass is 10.2. The predicted molar refractivity (Wildman–Crippen MR) is 107 cm³/mol. The SMILES string of the molecule is CC.CC.CNCCCCc1cn(CCCCCCNC(C)=O)nn1. The van der Waals surface area contributed by atoms with Gasteiger partial charge in [0, 0.05) is 26.2 Å². The maximum absolute atomic E-state index is 10.7. The van der Waals surface area contributed by atoms with Crippen LogP contribution >= 0.6 is 0 Å². The number of hydrogen-bond acceptors (Lipinski definition) is 4. The maximum atomic E-state index is 10.7. The normalized spacial score (nSPS) is 9.52. The Kier molecular flexibility index (Phi) is 21.3. The molecular formula is C19H41N5O. The number of aryl methyl sites for hydroxylation is 2. The van der Waals surface area contributed by atoms with Gasteiger partial charge in [-0.05, 0) is 45.7 Å². The highest BCUT2D eigenvalue weighted by molar-refractivity contribution is 5.72. The van der Waals surface area contributed by atoms with Gasteiger partial charge in [0.15, 0.2) is 0 Å². The Morgan fingerprint density at radius 3 is 2.28 bits per heavy atom. The minimum atomic E-state index is 0.0554. The summed E-state index contributed by atoms with van der Waals surface area (Å²) >= 11 is 0. The fourth-order valence-corrected chi connectivity index (χ4v) is 2.19. The van der Waals surface area contributed by atoms with Crippen LogP contribution in [0.25, 0.3) is 0 Å². The lowest BCUT2D eigenvalue weighted by molar-refractivity contribution is -0.118. The van der Waals surface area contributed by atoms with Crippen molar-refractivity contribution in [3.63, 3.8) is 0 Å². The molecule has 0 bridgehead atoms. The van der Waals surface area contributed by atoms with Gasteiger partial charge in [-0.2, -0.15) is 0 Å². The molecule has 0 aromatic carbocycles. The molecule has 25 heavy (non-hydrogen) atoms. The standard InChI is InChI=1S/C15H29N5O.2C2H6/c1-14(21)17-11-6-3-4-8-12-20-13-15(18-19-20)9-5-7-10-16-2;2*1-2/h13,16H,3-12H2,1-2H3,(H,17,21);2*1-2H3. The topological polar surface area (TPSA) is 71.8 Å². The Morgan fingerprint density at radius 1 is 1.00 bits per heavy atom. The largest absolute Gasteiger partial charge is 0.356 e. The average molecular weight is 356 g/mol. The fraction of sp³-hybridized carbons (Fsp3) is 0.842. The number of aromatic nitrogens is 3. The van der Waals surface area contributed by atoms with Crippen molar-refractivity contribution in [2.24, 2.45) is 0 Å². The summed E-state index contributed by atoms with van der Waals surface area (Å²) in [6, 6.07) is 0. The van der Waals surface area contributed by atoms with Crippen molar-refractivity contribution in [3.8, 4) is 0 Å². The van der Waals surface area contributed by atoms with Crippen molar-refractivity contribution in [2.45, 2.75) is 86.1 Å². The monoisotopic (exact) mass is 355 g/mol. The van der Waals surface area contributed by atoms with E-state index in [0.29, 0.717) is 0 Å². The van der Waals surface area contributed by atoms with Gasteiger partial charge < -0.3 is 10.6 Å². The van der Waals surface area contributed by atoms with E-state index in [2.05, 4.69) is 27.1 Å². The van der Waals surface area contributed by atoms with Crippen LogP contribution in [0.4, 0.5) is 0 Å². The maximum Gasteiger partial charge on any atom is 0.216 e. The molecule has 1 amide bonds. The highest BCUT2D eigenvalue weighted by atomic mass is 16.1. The third-order valence-electron chi connectivity index (χ3n) is 3.38. The van der Waals surface area contributed by atoms with Gasteiger partial charge in [-0.3, -0.25) is 9.48 Å². The first-order chi connectivity index (χ1) is 12.2. The Hall–Kier alpha value is -1.43. The molecule has 148 valence electrons. The average Bonchev–Trinajstić information content (AvgIpc) is 3.09.